The molecule has 0 bridgehead atoms. The van der Waals surface area contributed by atoms with Gasteiger partial charge >= 0.3 is 176 Å². The molecule has 0 aliphatic carbocycles. The topological polar surface area (TPSA) is 116 Å². The van der Waals surface area contributed by atoms with E-state index in [0.717, 1.165) is 12.8 Å². The van der Waals surface area contributed by atoms with Crippen LogP contribution < -0.4 is 5.73 Å². The minimum absolute atomic E-state index is 0.0542. The predicted octanol–water partition coefficient (Wildman–Crippen LogP) is 3.05. The SMILES string of the molecule is C#COB=Nc1nc(C)cc(-c2ccncc2CC(=O)c2nc(Br)ccc2N)n1. The van der Waals surface area contributed by atoms with Crippen LogP contribution in [0.2, 0.25) is 0 Å². The number of hydrogen-bond acceptors (Lipinski definition) is 8. The average Bonchev–Trinajstić information content (AvgIpc) is 2.70. The van der Waals surface area contributed by atoms with E-state index in [4.69, 9.17) is 12.2 Å². The van der Waals surface area contributed by atoms with Gasteiger partial charge in [0.25, 0.3) is 0 Å². The summed E-state index contributed by atoms with van der Waals surface area (Å²) in [4.78, 5) is 33.7. The van der Waals surface area contributed by atoms with Crippen LogP contribution in [0.5, 0.6) is 0 Å². The van der Waals surface area contributed by atoms with Crippen LogP contribution in [0.3, 0.4) is 0 Å². The molecule has 0 fully saturated rings. The van der Waals surface area contributed by atoms with Crippen molar-refractivity contribution in [1.29, 1.82) is 0 Å². The summed E-state index contributed by atoms with van der Waals surface area (Å²) in [6.45, 7) is 1.81. The summed E-state index contributed by atoms with van der Waals surface area (Å²) in [5.74, 6) is -0.0493. The number of rotatable bonds is 6. The summed E-state index contributed by atoms with van der Waals surface area (Å²) in [5.41, 5.74) is 9.09. The number of nitrogen functional groups attached to an aromatic ring is 1. The molecule has 3 heterocycles. The van der Waals surface area contributed by atoms with Gasteiger partial charge in [0.1, 0.15) is 0 Å². The van der Waals surface area contributed by atoms with Crippen LogP contribution >= 0.6 is 15.9 Å². The Morgan fingerprint density at radius 1 is 1.34 bits per heavy atom. The molecule has 0 aliphatic rings. The van der Waals surface area contributed by atoms with E-state index in [-0.39, 0.29) is 23.8 Å². The maximum atomic E-state index is 12.8. The second-order valence-corrected chi connectivity index (χ2v) is 6.68. The molecule has 0 saturated heterocycles. The molecule has 0 aliphatic heterocycles. The second kappa shape index (κ2) is 9.17. The minimum atomic E-state index is -0.232. The molecule has 2 N–H and O–H groups in total. The number of pyridine rings is 2. The van der Waals surface area contributed by atoms with Crippen LogP contribution in [0.1, 0.15) is 21.7 Å². The number of carbonyl (C=O) groups is 1. The normalized spacial score (nSPS) is 10.4. The summed E-state index contributed by atoms with van der Waals surface area (Å²) < 4.78 is 5.18. The summed E-state index contributed by atoms with van der Waals surface area (Å²) in [6, 6.07) is 6.87. The Labute approximate surface area is 176 Å². The Morgan fingerprint density at radius 3 is 2.97 bits per heavy atom. The molecule has 0 amide bonds. The molecule has 3 aromatic heterocycles. The summed E-state index contributed by atoms with van der Waals surface area (Å²) in [5, 5.41) is 0. The maximum absolute atomic E-state index is 12.8. The quantitative estimate of drug-likeness (QED) is 0.266. The zero-order valence-electron chi connectivity index (χ0n) is 15.3. The van der Waals surface area contributed by atoms with Gasteiger partial charge in [-0.2, -0.15) is 0 Å². The van der Waals surface area contributed by atoms with Crippen LogP contribution in [0.25, 0.3) is 11.3 Å². The van der Waals surface area contributed by atoms with E-state index >= 15 is 0 Å². The Hall–Kier alpha value is -3.45. The molecular weight excluding hydrogens is 435 g/mol. The van der Waals surface area contributed by atoms with Gasteiger partial charge in [-0.3, -0.25) is 0 Å². The van der Waals surface area contributed by atoms with Gasteiger partial charge in [-0.15, -0.1) is 0 Å². The summed E-state index contributed by atoms with van der Waals surface area (Å²) >= 11 is 3.26. The third-order valence-corrected chi connectivity index (χ3v) is 4.26. The van der Waals surface area contributed by atoms with Gasteiger partial charge in [-0.1, -0.05) is 0 Å². The third-order valence-electron chi connectivity index (χ3n) is 3.82. The van der Waals surface area contributed by atoms with Gasteiger partial charge in [0.2, 0.25) is 0 Å². The Balaban J connectivity index is 1.97. The number of nitrogens with two attached hydrogens (primary N) is 1. The predicted molar refractivity (Wildman–Crippen MR) is 112 cm³/mol. The molecule has 0 aromatic carbocycles. The number of halogens is 1. The van der Waals surface area contributed by atoms with Crippen molar-refractivity contribution in [3.63, 3.8) is 0 Å². The standard InChI is InChI=1S/C19H14BBrN6O2/c1-3-29-20-27-19-24-11(2)8-15(25-19)13-6-7-23-10-12(13)9-16(28)18-14(22)4-5-17(21)26-18/h1,4-8,10H,9,22H2,2H3. The Morgan fingerprint density at radius 2 is 2.17 bits per heavy atom. The van der Waals surface area contributed by atoms with Gasteiger partial charge in [0, 0.05) is 0 Å². The van der Waals surface area contributed by atoms with Crippen LogP contribution in [0.15, 0.2) is 46.2 Å². The van der Waals surface area contributed by atoms with Crippen molar-refractivity contribution < 1.29 is 9.45 Å². The zero-order valence-corrected chi connectivity index (χ0v) is 16.9. The fraction of sp³-hybridized carbons (Fsp3) is 0.105. The first-order valence-electron chi connectivity index (χ1n) is 8.36. The molecule has 0 unspecified atom stereocenters. The second-order valence-electron chi connectivity index (χ2n) is 5.87. The van der Waals surface area contributed by atoms with E-state index in [1.807, 2.05) is 13.0 Å². The van der Waals surface area contributed by atoms with Gasteiger partial charge < -0.3 is 0 Å². The molecule has 10 heteroatoms. The number of aromatic nitrogens is 4. The van der Waals surface area contributed by atoms with E-state index in [2.05, 4.69) is 45.4 Å². The number of terminal acetylenes is 1. The first kappa shape index (κ1) is 20.3. The van der Waals surface area contributed by atoms with Crippen molar-refractivity contribution in [2.24, 2.45) is 4.90 Å². The van der Waals surface area contributed by atoms with Crippen molar-refractivity contribution in [1.82, 2.24) is 19.9 Å². The van der Waals surface area contributed by atoms with E-state index < -0.39 is 0 Å². The first-order valence-corrected chi connectivity index (χ1v) is 9.15. The molecule has 0 spiro atoms. The van der Waals surface area contributed by atoms with E-state index in [1.165, 1.54) is 0 Å². The molecule has 142 valence electrons. The number of aryl methyl sites for hydroxylation is 1. The summed E-state index contributed by atoms with van der Waals surface area (Å²) in [7, 11) is 1.08. The summed E-state index contributed by atoms with van der Waals surface area (Å²) in [6.07, 6.45) is 10.3. The number of ketones is 1. The molecule has 3 aromatic rings. The molecule has 0 saturated carbocycles. The molecule has 29 heavy (non-hydrogen) atoms. The average molecular weight is 449 g/mol. The number of anilines is 1. The van der Waals surface area contributed by atoms with Crippen molar-refractivity contribution in [2.45, 2.75) is 13.3 Å². The molecular formula is C19H14BBrN6O2. The van der Waals surface area contributed by atoms with Gasteiger partial charge in [0.15, 0.2) is 0 Å². The molecule has 0 radical (unpaired) electrons. The number of Topliss-reactive ketones (excluding diaryl/α,β-unsaturated/α-hetero) is 1. The van der Waals surface area contributed by atoms with Gasteiger partial charge in [-0.05, 0) is 0 Å². The fourth-order valence-electron chi connectivity index (χ4n) is 2.60. The van der Waals surface area contributed by atoms with Crippen molar-refractivity contribution in [2.75, 3.05) is 5.73 Å². The Bertz CT molecular complexity index is 1150. The molecule has 0 atom stereocenters. The van der Waals surface area contributed by atoms with Crippen molar-refractivity contribution in [3.05, 3.63) is 58.2 Å². The van der Waals surface area contributed by atoms with Crippen molar-refractivity contribution in [3.8, 4) is 23.8 Å². The van der Waals surface area contributed by atoms with E-state index in [1.54, 1.807) is 36.7 Å². The fourth-order valence-corrected chi connectivity index (χ4v) is 2.91. The molecule has 8 nitrogen and oxygen atoms in total. The van der Waals surface area contributed by atoms with Crippen LogP contribution in [0, 0.1) is 19.5 Å². The molecule has 3 rings (SSSR count). The monoisotopic (exact) mass is 448 g/mol. The van der Waals surface area contributed by atoms with E-state index in [9.17, 15) is 4.79 Å². The third kappa shape index (κ3) is 5.09. The van der Waals surface area contributed by atoms with Gasteiger partial charge in [0.05, 0.1) is 0 Å². The zero-order chi connectivity index (χ0) is 20.8. The number of nitrogens with zero attached hydrogens (tertiary/aromatic N) is 5. The number of hydrogen-bond donors (Lipinski definition) is 1. The van der Waals surface area contributed by atoms with Crippen LogP contribution in [-0.2, 0) is 11.1 Å². The number of carbonyl (C=O) groups excluding carboxylic acids is 1. The van der Waals surface area contributed by atoms with Crippen LogP contribution in [0.4, 0.5) is 11.6 Å². The first-order chi connectivity index (χ1) is 14.0. The van der Waals surface area contributed by atoms with Gasteiger partial charge in [-0.25, -0.2) is 0 Å². The van der Waals surface area contributed by atoms with Crippen LogP contribution in [-0.4, -0.2) is 33.0 Å². The Kier molecular flexibility index (Phi) is 6.41. The van der Waals surface area contributed by atoms with E-state index in [0.29, 0.717) is 27.2 Å². The van der Waals surface area contributed by atoms with Crippen molar-refractivity contribution >= 4 is 40.6 Å².